The second-order valence-electron chi connectivity index (χ2n) is 4.73. The molecule has 1 aromatic carbocycles. The van der Waals surface area contributed by atoms with E-state index in [1.807, 2.05) is 0 Å². The van der Waals surface area contributed by atoms with Crippen LogP contribution in [0.3, 0.4) is 0 Å². The number of halogens is 1. The molecule has 1 aliphatic carbocycles. The Labute approximate surface area is 120 Å². The average molecular weight is 329 g/mol. The number of aliphatic hydroxyl groups is 1. The van der Waals surface area contributed by atoms with E-state index in [0.29, 0.717) is 11.4 Å². The predicted molar refractivity (Wildman–Crippen MR) is 76.5 cm³/mol. The Kier molecular flexibility index (Phi) is 4.31. The van der Waals surface area contributed by atoms with Crippen molar-refractivity contribution in [3.63, 3.8) is 0 Å². The van der Waals surface area contributed by atoms with E-state index in [2.05, 4.69) is 26.6 Å². The van der Waals surface area contributed by atoms with Gasteiger partial charge >= 0.3 is 6.03 Å². The molecular weight excluding hydrogens is 312 g/mol. The number of amides is 2. The highest BCUT2D eigenvalue weighted by Gasteiger charge is 2.34. The van der Waals surface area contributed by atoms with Gasteiger partial charge < -0.3 is 20.5 Å². The summed E-state index contributed by atoms with van der Waals surface area (Å²) in [5.41, 5.74) is -0.0764. The fraction of sp³-hybridized carbons (Fsp3) is 0.462. The Bertz CT molecular complexity index is 475. The van der Waals surface area contributed by atoms with E-state index >= 15 is 0 Å². The van der Waals surface area contributed by atoms with Crippen LogP contribution in [0.15, 0.2) is 22.7 Å². The lowest BCUT2D eigenvalue weighted by atomic mass is 9.80. The quantitative estimate of drug-likeness (QED) is 0.795. The maximum Gasteiger partial charge on any atom is 0.319 e. The lowest BCUT2D eigenvalue weighted by Crippen LogP contribution is -2.48. The molecule has 3 N–H and O–H groups in total. The highest BCUT2D eigenvalue weighted by atomic mass is 79.9. The molecule has 5 nitrogen and oxygen atoms in total. The number of carbonyl (C=O) groups is 1. The molecule has 2 rings (SSSR count). The van der Waals surface area contributed by atoms with Crippen LogP contribution in [-0.2, 0) is 0 Å². The van der Waals surface area contributed by atoms with Gasteiger partial charge in [0.25, 0.3) is 0 Å². The first-order valence-corrected chi connectivity index (χ1v) is 6.92. The molecule has 1 aromatic rings. The molecule has 0 bridgehead atoms. The van der Waals surface area contributed by atoms with Gasteiger partial charge in [0.1, 0.15) is 5.75 Å². The molecule has 104 valence electrons. The monoisotopic (exact) mass is 328 g/mol. The Morgan fingerprint density at radius 2 is 2.26 bits per heavy atom. The van der Waals surface area contributed by atoms with Crippen molar-refractivity contribution in [2.75, 3.05) is 19.0 Å². The van der Waals surface area contributed by atoms with Crippen LogP contribution in [0.2, 0.25) is 0 Å². The lowest BCUT2D eigenvalue weighted by molar-refractivity contribution is -0.0287. The summed E-state index contributed by atoms with van der Waals surface area (Å²) in [6, 6.07) is 4.96. The number of methoxy groups -OCH3 is 1. The van der Waals surface area contributed by atoms with Crippen molar-refractivity contribution in [3.8, 4) is 5.75 Å². The van der Waals surface area contributed by atoms with Gasteiger partial charge in [-0.15, -0.1) is 0 Å². The smallest absolute Gasteiger partial charge is 0.319 e. The molecule has 1 fully saturated rings. The van der Waals surface area contributed by atoms with Gasteiger partial charge in [-0.2, -0.15) is 0 Å². The van der Waals surface area contributed by atoms with Gasteiger partial charge in [-0.05, 0) is 47.3 Å². The molecule has 2 amide bonds. The van der Waals surface area contributed by atoms with Crippen molar-refractivity contribution in [1.82, 2.24) is 5.32 Å². The largest absolute Gasteiger partial charge is 0.495 e. The second kappa shape index (κ2) is 5.79. The number of urea groups is 1. The van der Waals surface area contributed by atoms with Crippen LogP contribution in [0.25, 0.3) is 0 Å². The zero-order chi connectivity index (χ0) is 13.9. The summed E-state index contributed by atoms with van der Waals surface area (Å²) in [7, 11) is 1.57. The van der Waals surface area contributed by atoms with Crippen molar-refractivity contribution in [2.24, 2.45) is 0 Å². The van der Waals surface area contributed by atoms with E-state index in [9.17, 15) is 9.90 Å². The fourth-order valence-corrected chi connectivity index (χ4v) is 2.33. The third-order valence-corrected chi connectivity index (χ3v) is 3.93. The normalized spacial score (nSPS) is 16.4. The Morgan fingerprint density at radius 3 is 2.84 bits per heavy atom. The highest BCUT2D eigenvalue weighted by Crippen LogP contribution is 2.30. The molecule has 0 atom stereocenters. The summed E-state index contributed by atoms with van der Waals surface area (Å²) in [5.74, 6) is 0.649. The van der Waals surface area contributed by atoms with Crippen LogP contribution in [0, 0.1) is 0 Å². The summed E-state index contributed by atoms with van der Waals surface area (Å²) in [4.78, 5) is 11.7. The van der Waals surface area contributed by atoms with Crippen LogP contribution < -0.4 is 15.4 Å². The van der Waals surface area contributed by atoms with E-state index in [4.69, 9.17) is 4.74 Å². The van der Waals surface area contributed by atoms with Crippen LogP contribution in [0.4, 0.5) is 10.5 Å². The fourth-order valence-electron chi connectivity index (χ4n) is 1.92. The maximum absolute atomic E-state index is 11.7. The third kappa shape index (κ3) is 3.61. The number of hydrogen-bond acceptors (Lipinski definition) is 3. The van der Waals surface area contributed by atoms with E-state index in [1.54, 1.807) is 25.3 Å². The molecule has 1 aliphatic rings. The lowest BCUT2D eigenvalue weighted by Gasteiger charge is -2.36. The predicted octanol–water partition coefficient (Wildman–Crippen LogP) is 2.49. The minimum Gasteiger partial charge on any atom is -0.495 e. The highest BCUT2D eigenvalue weighted by molar-refractivity contribution is 9.10. The number of ether oxygens (including phenoxy) is 1. The van der Waals surface area contributed by atoms with Gasteiger partial charge in [0, 0.05) is 18.3 Å². The van der Waals surface area contributed by atoms with Gasteiger partial charge in [0.2, 0.25) is 0 Å². The van der Waals surface area contributed by atoms with Gasteiger partial charge in [-0.3, -0.25) is 0 Å². The molecule has 0 unspecified atom stereocenters. The third-order valence-electron chi connectivity index (χ3n) is 3.27. The molecule has 0 heterocycles. The molecule has 19 heavy (non-hydrogen) atoms. The first-order chi connectivity index (χ1) is 9.02. The molecule has 6 heteroatoms. The van der Waals surface area contributed by atoms with Gasteiger partial charge in [0.05, 0.1) is 17.2 Å². The number of nitrogens with one attached hydrogen (secondary N) is 2. The van der Waals surface area contributed by atoms with E-state index in [-0.39, 0.29) is 12.6 Å². The van der Waals surface area contributed by atoms with E-state index < -0.39 is 5.60 Å². The molecular formula is C13H17BrN2O3. The van der Waals surface area contributed by atoms with Gasteiger partial charge in [-0.25, -0.2) is 4.79 Å². The number of anilines is 1. The van der Waals surface area contributed by atoms with Crippen molar-refractivity contribution >= 4 is 27.6 Å². The van der Waals surface area contributed by atoms with Crippen molar-refractivity contribution < 1.29 is 14.6 Å². The van der Waals surface area contributed by atoms with Crippen LogP contribution >= 0.6 is 15.9 Å². The molecule has 0 aliphatic heterocycles. The van der Waals surface area contributed by atoms with E-state index in [0.717, 1.165) is 23.7 Å². The minimum absolute atomic E-state index is 0.284. The molecule has 0 radical (unpaired) electrons. The van der Waals surface area contributed by atoms with Gasteiger partial charge in [-0.1, -0.05) is 0 Å². The molecule has 1 saturated carbocycles. The summed E-state index contributed by atoms with van der Waals surface area (Å²) < 4.78 is 5.97. The Balaban J connectivity index is 1.88. The zero-order valence-corrected chi connectivity index (χ0v) is 12.3. The Morgan fingerprint density at radius 1 is 1.53 bits per heavy atom. The maximum atomic E-state index is 11.7. The number of carbonyl (C=O) groups excluding carboxylic acids is 1. The van der Waals surface area contributed by atoms with Crippen molar-refractivity contribution in [3.05, 3.63) is 22.7 Å². The number of rotatable bonds is 4. The molecule has 0 saturated heterocycles. The van der Waals surface area contributed by atoms with Crippen molar-refractivity contribution in [2.45, 2.75) is 24.9 Å². The number of benzene rings is 1. The van der Waals surface area contributed by atoms with Crippen LogP contribution in [0.1, 0.15) is 19.3 Å². The summed E-state index contributed by atoms with van der Waals surface area (Å²) in [6.07, 6.45) is 2.52. The first kappa shape index (κ1) is 14.1. The topological polar surface area (TPSA) is 70.6 Å². The van der Waals surface area contributed by atoms with Crippen LogP contribution in [0.5, 0.6) is 5.75 Å². The van der Waals surface area contributed by atoms with Crippen LogP contribution in [-0.4, -0.2) is 30.4 Å². The first-order valence-electron chi connectivity index (χ1n) is 6.13. The second-order valence-corrected chi connectivity index (χ2v) is 5.59. The summed E-state index contributed by atoms with van der Waals surface area (Å²) >= 11 is 3.34. The number of hydrogen-bond donors (Lipinski definition) is 3. The average Bonchev–Trinajstić information content (AvgIpc) is 2.36. The minimum atomic E-state index is -0.714. The summed E-state index contributed by atoms with van der Waals surface area (Å²) in [5, 5.41) is 15.3. The van der Waals surface area contributed by atoms with E-state index in [1.165, 1.54) is 0 Å². The molecule has 0 aromatic heterocycles. The SMILES string of the molecule is COc1cc(NC(=O)NCC2(O)CCC2)ccc1Br. The molecule has 0 spiro atoms. The summed E-state index contributed by atoms with van der Waals surface area (Å²) in [6.45, 7) is 0.284. The standard InChI is InChI=1S/C13H17BrN2O3/c1-19-11-7-9(3-4-10(11)14)16-12(17)15-8-13(18)5-2-6-13/h3-4,7,18H,2,5-6,8H2,1H3,(H2,15,16,17). The van der Waals surface area contributed by atoms with Gasteiger partial charge in [0.15, 0.2) is 0 Å². The van der Waals surface area contributed by atoms with Crippen molar-refractivity contribution in [1.29, 1.82) is 0 Å². The zero-order valence-electron chi connectivity index (χ0n) is 10.7. The Hall–Kier alpha value is -1.27.